The summed E-state index contributed by atoms with van der Waals surface area (Å²) in [5, 5.41) is 0.629. The fourth-order valence-electron chi connectivity index (χ4n) is 3.05. The molecule has 0 unspecified atom stereocenters. The predicted molar refractivity (Wildman–Crippen MR) is 89.8 cm³/mol. The molecule has 1 amide bonds. The first-order chi connectivity index (χ1) is 11.2. The normalized spacial score (nSPS) is 16.0. The van der Waals surface area contributed by atoms with Crippen LogP contribution in [-0.4, -0.2) is 24.0 Å². The van der Waals surface area contributed by atoms with Crippen LogP contribution in [0.25, 0.3) is 6.08 Å². The van der Waals surface area contributed by atoms with E-state index >= 15 is 0 Å². The van der Waals surface area contributed by atoms with Gasteiger partial charge in [0.25, 0.3) is 5.91 Å². The second kappa shape index (κ2) is 5.70. The molecule has 0 N–H and O–H groups in total. The molecule has 0 saturated carbocycles. The van der Waals surface area contributed by atoms with Crippen LogP contribution in [0.1, 0.15) is 17.7 Å². The van der Waals surface area contributed by atoms with Crippen molar-refractivity contribution in [2.75, 3.05) is 18.1 Å². The first-order valence-electron chi connectivity index (χ1n) is 7.61. The van der Waals surface area contributed by atoms with Crippen LogP contribution >= 0.6 is 11.6 Å². The van der Waals surface area contributed by atoms with Gasteiger partial charge in [-0.3, -0.25) is 9.78 Å². The largest absolute Gasteiger partial charge is 0.488 e. The lowest BCUT2D eigenvalue weighted by Gasteiger charge is -2.30. The Labute approximate surface area is 139 Å². The standard InChI is InChI=1S/C18H15ClN2O2/c19-14-5-6-17-12(10-14)9-13(11-23-17)18(22)21-8-2-3-15-16(21)4-1-7-20-15/h1,4-7,9-10H,2-3,8,11H2. The van der Waals surface area contributed by atoms with Crippen molar-refractivity contribution in [3.8, 4) is 5.75 Å². The van der Waals surface area contributed by atoms with Crippen molar-refractivity contribution in [1.82, 2.24) is 4.98 Å². The van der Waals surface area contributed by atoms with E-state index in [2.05, 4.69) is 4.98 Å². The van der Waals surface area contributed by atoms with Gasteiger partial charge in [-0.15, -0.1) is 0 Å². The average Bonchev–Trinajstić information content (AvgIpc) is 2.60. The number of hydrogen-bond donors (Lipinski definition) is 0. The molecule has 4 rings (SSSR count). The van der Waals surface area contributed by atoms with Gasteiger partial charge in [0.15, 0.2) is 0 Å². The third kappa shape index (κ3) is 2.59. The number of anilines is 1. The number of nitrogens with zero attached hydrogens (tertiary/aromatic N) is 2. The van der Waals surface area contributed by atoms with Gasteiger partial charge in [-0.2, -0.15) is 0 Å². The van der Waals surface area contributed by atoms with E-state index < -0.39 is 0 Å². The molecule has 0 spiro atoms. The molecule has 116 valence electrons. The van der Waals surface area contributed by atoms with Crippen LogP contribution < -0.4 is 9.64 Å². The lowest BCUT2D eigenvalue weighted by Crippen LogP contribution is -2.38. The van der Waals surface area contributed by atoms with E-state index in [1.54, 1.807) is 17.2 Å². The third-order valence-corrected chi connectivity index (χ3v) is 4.39. The van der Waals surface area contributed by atoms with Gasteiger partial charge in [0.1, 0.15) is 12.4 Å². The monoisotopic (exact) mass is 326 g/mol. The van der Waals surface area contributed by atoms with Crippen molar-refractivity contribution in [2.45, 2.75) is 12.8 Å². The molecule has 0 atom stereocenters. The highest BCUT2D eigenvalue weighted by Crippen LogP contribution is 2.31. The van der Waals surface area contributed by atoms with Crippen LogP contribution in [0.2, 0.25) is 5.02 Å². The Morgan fingerprint density at radius 3 is 3.13 bits per heavy atom. The maximum Gasteiger partial charge on any atom is 0.257 e. The number of rotatable bonds is 1. The van der Waals surface area contributed by atoms with Gasteiger partial charge in [0, 0.05) is 23.3 Å². The van der Waals surface area contributed by atoms with E-state index in [9.17, 15) is 4.79 Å². The van der Waals surface area contributed by atoms with E-state index in [4.69, 9.17) is 16.3 Å². The van der Waals surface area contributed by atoms with Gasteiger partial charge in [-0.05, 0) is 49.2 Å². The minimum absolute atomic E-state index is 0.0235. The number of ether oxygens (including phenoxy) is 1. The number of aromatic nitrogens is 1. The van der Waals surface area contributed by atoms with Gasteiger partial charge >= 0.3 is 0 Å². The number of amides is 1. The summed E-state index contributed by atoms with van der Waals surface area (Å²) >= 11 is 6.03. The maximum absolute atomic E-state index is 12.9. The van der Waals surface area contributed by atoms with Crippen molar-refractivity contribution in [1.29, 1.82) is 0 Å². The van der Waals surface area contributed by atoms with Crippen molar-refractivity contribution < 1.29 is 9.53 Å². The molecule has 0 bridgehead atoms. The van der Waals surface area contributed by atoms with Gasteiger partial charge in [0.05, 0.1) is 17.0 Å². The van der Waals surface area contributed by atoms with E-state index in [1.165, 1.54) is 0 Å². The summed E-state index contributed by atoms with van der Waals surface area (Å²) in [7, 11) is 0. The predicted octanol–water partition coefficient (Wildman–Crippen LogP) is 3.49. The molecule has 0 saturated heterocycles. The summed E-state index contributed by atoms with van der Waals surface area (Å²) in [5.74, 6) is 0.733. The number of aryl methyl sites for hydroxylation is 1. The minimum atomic E-state index is -0.0235. The zero-order valence-electron chi connectivity index (χ0n) is 12.5. The highest BCUT2D eigenvalue weighted by atomic mass is 35.5. The second-order valence-corrected chi connectivity index (χ2v) is 6.11. The molecule has 0 aliphatic carbocycles. The SMILES string of the molecule is O=C(C1=Cc2cc(Cl)ccc2OC1)N1CCCc2ncccc21. The molecule has 1 aromatic heterocycles. The maximum atomic E-state index is 12.9. The van der Waals surface area contributed by atoms with Gasteiger partial charge in [0.2, 0.25) is 0 Å². The fourth-order valence-corrected chi connectivity index (χ4v) is 3.23. The summed E-state index contributed by atoms with van der Waals surface area (Å²) in [6, 6.07) is 9.25. The third-order valence-electron chi connectivity index (χ3n) is 4.16. The zero-order chi connectivity index (χ0) is 15.8. The number of carbonyl (C=O) groups excluding carboxylic acids is 1. The number of fused-ring (bicyclic) bond motifs is 2. The number of halogens is 1. The summed E-state index contributed by atoms with van der Waals surface area (Å²) in [6.45, 7) is 0.983. The Morgan fingerprint density at radius 1 is 1.30 bits per heavy atom. The van der Waals surface area contributed by atoms with Crippen molar-refractivity contribution in [3.05, 3.63) is 58.4 Å². The summed E-state index contributed by atoms with van der Waals surface area (Å²) in [4.78, 5) is 19.1. The van der Waals surface area contributed by atoms with E-state index in [0.29, 0.717) is 17.1 Å². The number of carbonyl (C=O) groups is 1. The molecule has 0 fully saturated rings. The Balaban J connectivity index is 1.68. The summed E-state index contributed by atoms with van der Waals surface area (Å²) < 4.78 is 5.70. The summed E-state index contributed by atoms with van der Waals surface area (Å²) in [5.41, 5.74) is 3.36. The molecule has 2 aromatic rings. The van der Waals surface area contributed by atoms with Crippen LogP contribution in [0, 0.1) is 0 Å². The van der Waals surface area contributed by atoms with E-state index in [-0.39, 0.29) is 12.5 Å². The van der Waals surface area contributed by atoms with Crippen LogP contribution in [0.15, 0.2) is 42.1 Å². The van der Waals surface area contributed by atoms with Crippen LogP contribution in [0.5, 0.6) is 5.75 Å². The number of hydrogen-bond acceptors (Lipinski definition) is 3. The van der Waals surface area contributed by atoms with E-state index in [1.807, 2.05) is 30.3 Å². The molecular weight excluding hydrogens is 312 g/mol. The molecule has 5 heteroatoms. The van der Waals surface area contributed by atoms with Crippen LogP contribution in [0.3, 0.4) is 0 Å². The fraction of sp³-hybridized carbons (Fsp3) is 0.222. The zero-order valence-corrected chi connectivity index (χ0v) is 13.2. The molecule has 2 aliphatic rings. The van der Waals surface area contributed by atoms with E-state index in [0.717, 1.165) is 35.5 Å². The second-order valence-electron chi connectivity index (χ2n) is 5.67. The molecule has 1 aromatic carbocycles. The Hall–Kier alpha value is -2.33. The molecule has 4 nitrogen and oxygen atoms in total. The highest BCUT2D eigenvalue weighted by molar-refractivity contribution is 6.30. The van der Waals surface area contributed by atoms with Gasteiger partial charge < -0.3 is 9.64 Å². The smallest absolute Gasteiger partial charge is 0.257 e. The topological polar surface area (TPSA) is 42.4 Å². The highest BCUT2D eigenvalue weighted by Gasteiger charge is 2.27. The quantitative estimate of drug-likeness (QED) is 0.805. The summed E-state index contributed by atoms with van der Waals surface area (Å²) in [6.07, 6.45) is 5.48. The number of pyridine rings is 1. The van der Waals surface area contributed by atoms with Crippen LogP contribution in [-0.2, 0) is 11.2 Å². The Kier molecular flexibility index (Phi) is 3.54. The Bertz CT molecular complexity index is 816. The molecular formula is C18H15ClN2O2. The van der Waals surface area contributed by atoms with Crippen molar-refractivity contribution in [2.24, 2.45) is 0 Å². The van der Waals surface area contributed by atoms with Gasteiger partial charge in [-0.25, -0.2) is 0 Å². The molecule has 3 heterocycles. The molecule has 2 aliphatic heterocycles. The lowest BCUT2D eigenvalue weighted by atomic mass is 10.0. The van der Waals surface area contributed by atoms with Crippen molar-refractivity contribution >= 4 is 29.3 Å². The first kappa shape index (κ1) is 14.3. The lowest BCUT2D eigenvalue weighted by molar-refractivity contribution is -0.115. The van der Waals surface area contributed by atoms with Gasteiger partial charge in [-0.1, -0.05) is 11.6 Å². The molecule has 23 heavy (non-hydrogen) atoms. The molecule has 0 radical (unpaired) electrons. The number of benzene rings is 1. The minimum Gasteiger partial charge on any atom is -0.488 e. The van der Waals surface area contributed by atoms with Crippen LogP contribution in [0.4, 0.5) is 5.69 Å². The van der Waals surface area contributed by atoms with Crippen molar-refractivity contribution in [3.63, 3.8) is 0 Å². The first-order valence-corrected chi connectivity index (χ1v) is 7.99. The Morgan fingerprint density at radius 2 is 2.22 bits per heavy atom. The average molecular weight is 327 g/mol.